The molecule has 1 aromatic rings. The summed E-state index contributed by atoms with van der Waals surface area (Å²) in [5.41, 5.74) is 1.78. The van der Waals surface area contributed by atoms with Crippen molar-refractivity contribution in [2.75, 3.05) is 31.5 Å². The Morgan fingerprint density at radius 3 is 2.35 bits per heavy atom. The SMILES string of the molecule is Cc1cc(C)nc(NC(=O)N2CCN(C(C)C(F)(F)F)CC2)c1. The average molecular weight is 330 g/mol. The highest BCUT2D eigenvalue weighted by atomic mass is 19.4. The van der Waals surface area contributed by atoms with Crippen LogP contribution in [0.1, 0.15) is 18.2 Å². The van der Waals surface area contributed by atoms with Gasteiger partial charge in [-0.25, -0.2) is 9.78 Å². The second kappa shape index (κ2) is 6.74. The molecule has 1 aliphatic rings. The van der Waals surface area contributed by atoms with Crippen LogP contribution in [0.5, 0.6) is 0 Å². The Hall–Kier alpha value is -1.83. The van der Waals surface area contributed by atoms with Crippen LogP contribution in [0.3, 0.4) is 0 Å². The van der Waals surface area contributed by atoms with Gasteiger partial charge >= 0.3 is 12.2 Å². The average Bonchev–Trinajstić information content (AvgIpc) is 2.44. The molecule has 5 nitrogen and oxygen atoms in total. The third kappa shape index (κ3) is 4.57. The number of piperazine rings is 1. The molecule has 0 saturated carbocycles. The summed E-state index contributed by atoms with van der Waals surface area (Å²) in [6.07, 6.45) is -4.24. The van der Waals surface area contributed by atoms with Gasteiger partial charge < -0.3 is 4.90 Å². The maximum absolute atomic E-state index is 12.7. The second-order valence-corrected chi connectivity index (χ2v) is 5.84. The quantitative estimate of drug-likeness (QED) is 0.907. The molecule has 2 rings (SSSR count). The van der Waals surface area contributed by atoms with Crippen LogP contribution in [0.15, 0.2) is 12.1 Å². The normalized spacial score (nSPS) is 17.9. The number of urea groups is 1. The van der Waals surface area contributed by atoms with Gasteiger partial charge in [0.05, 0.1) is 0 Å². The zero-order valence-corrected chi connectivity index (χ0v) is 13.4. The zero-order valence-electron chi connectivity index (χ0n) is 13.4. The van der Waals surface area contributed by atoms with Crippen molar-refractivity contribution in [2.45, 2.75) is 33.0 Å². The van der Waals surface area contributed by atoms with Gasteiger partial charge in [-0.2, -0.15) is 13.2 Å². The Bertz CT molecular complexity index is 548. The number of halogens is 3. The van der Waals surface area contributed by atoms with Gasteiger partial charge in [-0.1, -0.05) is 0 Å². The van der Waals surface area contributed by atoms with E-state index in [4.69, 9.17) is 0 Å². The summed E-state index contributed by atoms with van der Waals surface area (Å²) in [5.74, 6) is 0.457. The first-order chi connectivity index (χ1) is 10.7. The second-order valence-electron chi connectivity index (χ2n) is 5.84. The topological polar surface area (TPSA) is 48.5 Å². The third-order valence-electron chi connectivity index (χ3n) is 3.96. The van der Waals surface area contributed by atoms with E-state index in [-0.39, 0.29) is 32.2 Å². The lowest BCUT2D eigenvalue weighted by atomic mass is 10.2. The minimum Gasteiger partial charge on any atom is -0.322 e. The molecule has 0 aliphatic carbocycles. The fraction of sp³-hybridized carbons (Fsp3) is 0.600. The monoisotopic (exact) mass is 330 g/mol. The Labute approximate surface area is 133 Å². The van der Waals surface area contributed by atoms with Crippen molar-refractivity contribution in [1.29, 1.82) is 0 Å². The Morgan fingerprint density at radius 2 is 1.83 bits per heavy atom. The Balaban J connectivity index is 1.91. The number of hydrogen-bond donors (Lipinski definition) is 1. The van der Waals surface area contributed by atoms with Crippen molar-refractivity contribution in [1.82, 2.24) is 14.8 Å². The highest BCUT2D eigenvalue weighted by Crippen LogP contribution is 2.25. The number of anilines is 1. The molecule has 0 aromatic carbocycles. The zero-order chi connectivity index (χ0) is 17.2. The third-order valence-corrected chi connectivity index (χ3v) is 3.96. The summed E-state index contributed by atoms with van der Waals surface area (Å²) in [5, 5.41) is 2.70. The van der Waals surface area contributed by atoms with Crippen molar-refractivity contribution >= 4 is 11.8 Å². The molecule has 2 amide bonds. The van der Waals surface area contributed by atoms with E-state index in [1.54, 1.807) is 6.07 Å². The van der Waals surface area contributed by atoms with Crippen LogP contribution in [-0.2, 0) is 0 Å². The van der Waals surface area contributed by atoms with Crippen LogP contribution in [0, 0.1) is 13.8 Å². The molecule has 0 bridgehead atoms. The van der Waals surface area contributed by atoms with Crippen LogP contribution in [0.25, 0.3) is 0 Å². The fourth-order valence-corrected chi connectivity index (χ4v) is 2.61. The number of alkyl halides is 3. The van der Waals surface area contributed by atoms with Crippen LogP contribution in [0.4, 0.5) is 23.8 Å². The van der Waals surface area contributed by atoms with Gasteiger partial charge in [-0.05, 0) is 38.5 Å². The molecule has 1 aromatic heterocycles. The van der Waals surface area contributed by atoms with E-state index in [1.165, 1.54) is 9.80 Å². The standard InChI is InChI=1S/C15H21F3N4O/c1-10-8-11(2)19-13(9-10)20-14(23)22-6-4-21(5-7-22)12(3)15(16,17)18/h8-9,12H,4-7H2,1-3H3,(H,19,20,23). The lowest BCUT2D eigenvalue weighted by Crippen LogP contribution is -2.55. The minimum atomic E-state index is -4.24. The number of hydrogen-bond acceptors (Lipinski definition) is 3. The summed E-state index contributed by atoms with van der Waals surface area (Å²) < 4.78 is 38.1. The molecule has 2 heterocycles. The first-order valence-corrected chi connectivity index (χ1v) is 7.49. The number of rotatable bonds is 2. The van der Waals surface area contributed by atoms with Gasteiger partial charge in [0.15, 0.2) is 0 Å². The lowest BCUT2D eigenvalue weighted by molar-refractivity contribution is -0.181. The molecule has 1 unspecified atom stereocenters. The molecule has 1 atom stereocenters. The smallest absolute Gasteiger partial charge is 0.322 e. The number of amides is 2. The van der Waals surface area contributed by atoms with Crippen molar-refractivity contribution < 1.29 is 18.0 Å². The highest BCUT2D eigenvalue weighted by Gasteiger charge is 2.41. The first-order valence-electron chi connectivity index (χ1n) is 7.49. The number of nitrogens with one attached hydrogen (secondary N) is 1. The minimum absolute atomic E-state index is 0.203. The summed E-state index contributed by atoms with van der Waals surface area (Å²) in [6, 6.07) is 1.83. The van der Waals surface area contributed by atoms with E-state index in [2.05, 4.69) is 10.3 Å². The van der Waals surface area contributed by atoms with Crippen LogP contribution >= 0.6 is 0 Å². The number of aromatic nitrogens is 1. The molecule has 1 saturated heterocycles. The predicted octanol–water partition coefficient (Wildman–Crippen LogP) is 2.80. The van der Waals surface area contributed by atoms with Crippen LogP contribution < -0.4 is 5.32 Å². The van der Waals surface area contributed by atoms with Crippen LogP contribution in [-0.4, -0.2) is 59.2 Å². The molecule has 23 heavy (non-hydrogen) atoms. The van der Waals surface area contributed by atoms with Gasteiger partial charge in [-0.15, -0.1) is 0 Å². The van der Waals surface area contributed by atoms with E-state index in [0.29, 0.717) is 5.82 Å². The lowest BCUT2D eigenvalue weighted by Gasteiger charge is -2.38. The van der Waals surface area contributed by atoms with Crippen molar-refractivity contribution in [3.8, 4) is 0 Å². The van der Waals surface area contributed by atoms with Crippen molar-refractivity contribution in [2.24, 2.45) is 0 Å². The molecule has 1 N–H and O–H groups in total. The molecule has 1 aliphatic heterocycles. The number of aryl methyl sites for hydroxylation is 2. The molecule has 0 radical (unpaired) electrons. The summed E-state index contributed by atoms with van der Waals surface area (Å²) in [4.78, 5) is 19.3. The van der Waals surface area contributed by atoms with Crippen LogP contribution in [0.2, 0.25) is 0 Å². The van der Waals surface area contributed by atoms with Crippen molar-refractivity contribution in [3.05, 3.63) is 23.4 Å². The molecule has 1 fully saturated rings. The van der Waals surface area contributed by atoms with Gasteiger partial charge in [0.2, 0.25) is 0 Å². The number of nitrogens with zero attached hydrogens (tertiary/aromatic N) is 3. The largest absolute Gasteiger partial charge is 0.403 e. The maximum Gasteiger partial charge on any atom is 0.403 e. The molecular weight excluding hydrogens is 309 g/mol. The van der Waals surface area contributed by atoms with E-state index in [0.717, 1.165) is 18.2 Å². The van der Waals surface area contributed by atoms with E-state index >= 15 is 0 Å². The first kappa shape index (κ1) is 17.5. The highest BCUT2D eigenvalue weighted by molar-refractivity contribution is 5.88. The number of carbonyl (C=O) groups excluding carboxylic acids is 1. The summed E-state index contributed by atoms with van der Waals surface area (Å²) in [7, 11) is 0. The Morgan fingerprint density at radius 1 is 1.22 bits per heavy atom. The summed E-state index contributed by atoms with van der Waals surface area (Å²) >= 11 is 0. The summed E-state index contributed by atoms with van der Waals surface area (Å²) in [6.45, 7) is 5.81. The molecule has 0 spiro atoms. The van der Waals surface area contributed by atoms with Gasteiger partial charge in [0.25, 0.3) is 0 Å². The number of carbonyl (C=O) groups is 1. The van der Waals surface area contributed by atoms with E-state index in [1.807, 2.05) is 19.9 Å². The van der Waals surface area contributed by atoms with Gasteiger partial charge in [0.1, 0.15) is 11.9 Å². The molecule has 8 heteroatoms. The molecule has 128 valence electrons. The predicted molar refractivity (Wildman–Crippen MR) is 81.4 cm³/mol. The fourth-order valence-electron chi connectivity index (χ4n) is 2.61. The maximum atomic E-state index is 12.7. The Kier molecular flexibility index (Phi) is 5.13. The van der Waals surface area contributed by atoms with Crippen molar-refractivity contribution in [3.63, 3.8) is 0 Å². The van der Waals surface area contributed by atoms with Gasteiger partial charge in [-0.3, -0.25) is 10.2 Å². The number of pyridine rings is 1. The van der Waals surface area contributed by atoms with E-state index < -0.39 is 12.2 Å². The van der Waals surface area contributed by atoms with E-state index in [9.17, 15) is 18.0 Å². The molecular formula is C15H21F3N4O. The van der Waals surface area contributed by atoms with Gasteiger partial charge in [0, 0.05) is 31.9 Å².